The van der Waals surface area contributed by atoms with E-state index < -0.39 is 0 Å². The van der Waals surface area contributed by atoms with Gasteiger partial charge in [-0.3, -0.25) is 0 Å². The molecule has 0 bridgehead atoms. The van der Waals surface area contributed by atoms with E-state index in [9.17, 15) is 0 Å². The minimum atomic E-state index is 0.806. The predicted octanol–water partition coefficient (Wildman–Crippen LogP) is 4.86. The SMILES string of the molecule is CCCCCCCCCC(NCC)C1CCSC1. The van der Waals surface area contributed by atoms with Gasteiger partial charge >= 0.3 is 0 Å². The van der Waals surface area contributed by atoms with Crippen molar-refractivity contribution in [1.29, 1.82) is 0 Å². The number of unbranched alkanes of at least 4 members (excludes halogenated alkanes) is 6. The fourth-order valence-corrected chi connectivity index (χ4v) is 4.30. The Labute approximate surface area is 119 Å². The number of thioether (sulfide) groups is 1. The summed E-state index contributed by atoms with van der Waals surface area (Å²) in [5, 5.41) is 3.72. The van der Waals surface area contributed by atoms with Crippen molar-refractivity contribution < 1.29 is 0 Å². The highest BCUT2D eigenvalue weighted by atomic mass is 32.2. The summed E-state index contributed by atoms with van der Waals surface area (Å²) in [6.45, 7) is 5.68. The van der Waals surface area contributed by atoms with Crippen LogP contribution in [0.4, 0.5) is 0 Å². The summed E-state index contributed by atoms with van der Waals surface area (Å²) in [5.41, 5.74) is 0. The highest BCUT2D eigenvalue weighted by molar-refractivity contribution is 7.99. The van der Waals surface area contributed by atoms with Gasteiger partial charge in [-0.05, 0) is 36.8 Å². The zero-order chi connectivity index (χ0) is 13.1. The second kappa shape index (κ2) is 11.2. The van der Waals surface area contributed by atoms with E-state index in [0.717, 1.165) is 18.5 Å². The van der Waals surface area contributed by atoms with E-state index in [1.165, 1.54) is 69.3 Å². The van der Waals surface area contributed by atoms with Crippen molar-refractivity contribution in [2.24, 2.45) is 5.92 Å². The van der Waals surface area contributed by atoms with Crippen LogP contribution in [0.25, 0.3) is 0 Å². The van der Waals surface area contributed by atoms with E-state index in [2.05, 4.69) is 30.9 Å². The molecule has 2 unspecified atom stereocenters. The quantitative estimate of drug-likeness (QED) is 0.539. The zero-order valence-corrected chi connectivity index (χ0v) is 13.4. The average molecular weight is 272 g/mol. The molecule has 18 heavy (non-hydrogen) atoms. The average Bonchev–Trinajstić information content (AvgIpc) is 2.90. The van der Waals surface area contributed by atoms with Crippen LogP contribution in [-0.2, 0) is 0 Å². The molecule has 1 saturated heterocycles. The third-order valence-electron chi connectivity index (χ3n) is 4.12. The van der Waals surface area contributed by atoms with Gasteiger partial charge < -0.3 is 5.32 Å². The zero-order valence-electron chi connectivity index (χ0n) is 12.5. The van der Waals surface area contributed by atoms with Gasteiger partial charge in [-0.1, -0.05) is 58.8 Å². The maximum absolute atomic E-state index is 3.72. The molecule has 0 radical (unpaired) electrons. The van der Waals surface area contributed by atoms with Crippen molar-refractivity contribution in [2.45, 2.75) is 77.7 Å². The summed E-state index contributed by atoms with van der Waals surface area (Å²) in [6, 6.07) is 0.806. The third kappa shape index (κ3) is 7.04. The minimum absolute atomic E-state index is 0.806. The van der Waals surface area contributed by atoms with Gasteiger partial charge in [0.05, 0.1) is 0 Å². The Balaban J connectivity index is 2.02. The van der Waals surface area contributed by atoms with E-state index >= 15 is 0 Å². The molecule has 0 aromatic carbocycles. The summed E-state index contributed by atoms with van der Waals surface area (Å²) < 4.78 is 0. The lowest BCUT2D eigenvalue weighted by Crippen LogP contribution is -2.36. The van der Waals surface area contributed by atoms with Gasteiger partial charge in [0.15, 0.2) is 0 Å². The maximum Gasteiger partial charge on any atom is 0.0103 e. The molecule has 0 amide bonds. The van der Waals surface area contributed by atoms with Gasteiger partial charge in [-0.25, -0.2) is 0 Å². The summed E-state index contributed by atoms with van der Waals surface area (Å²) in [7, 11) is 0. The molecule has 1 nitrogen and oxygen atoms in total. The Bertz CT molecular complexity index is 178. The largest absolute Gasteiger partial charge is 0.314 e. The van der Waals surface area contributed by atoms with Crippen LogP contribution in [0.1, 0.15) is 71.6 Å². The van der Waals surface area contributed by atoms with Crippen molar-refractivity contribution in [2.75, 3.05) is 18.1 Å². The third-order valence-corrected chi connectivity index (χ3v) is 5.31. The van der Waals surface area contributed by atoms with Gasteiger partial charge in [0, 0.05) is 6.04 Å². The molecule has 1 aliphatic rings. The summed E-state index contributed by atoms with van der Waals surface area (Å²) >= 11 is 2.15. The molecule has 1 N–H and O–H groups in total. The molecule has 0 aromatic heterocycles. The Morgan fingerprint density at radius 3 is 2.39 bits per heavy atom. The first-order valence-electron chi connectivity index (χ1n) is 8.19. The molecule has 2 atom stereocenters. The molecule has 0 aliphatic carbocycles. The molecule has 1 fully saturated rings. The van der Waals surface area contributed by atoms with Crippen LogP contribution >= 0.6 is 11.8 Å². The Kier molecular flexibility index (Phi) is 10.1. The number of hydrogen-bond acceptors (Lipinski definition) is 2. The standard InChI is InChI=1S/C16H33NS/c1-3-5-6-7-8-9-10-11-16(17-4-2)15-12-13-18-14-15/h15-17H,3-14H2,1-2H3. The van der Waals surface area contributed by atoms with Crippen LogP contribution in [-0.4, -0.2) is 24.1 Å². The fourth-order valence-electron chi connectivity index (χ4n) is 2.96. The van der Waals surface area contributed by atoms with E-state index in [-0.39, 0.29) is 0 Å². The lowest BCUT2D eigenvalue weighted by molar-refractivity contribution is 0.356. The van der Waals surface area contributed by atoms with Crippen molar-refractivity contribution >= 4 is 11.8 Å². The van der Waals surface area contributed by atoms with Crippen molar-refractivity contribution in [3.63, 3.8) is 0 Å². The molecule has 0 saturated carbocycles. The summed E-state index contributed by atoms with van der Waals surface area (Å²) in [6.07, 6.45) is 12.9. The first-order valence-corrected chi connectivity index (χ1v) is 9.35. The second-order valence-corrected chi connectivity index (χ2v) is 6.85. The number of rotatable bonds is 11. The van der Waals surface area contributed by atoms with E-state index in [1.807, 2.05) is 0 Å². The lowest BCUT2D eigenvalue weighted by Gasteiger charge is -2.23. The summed E-state index contributed by atoms with van der Waals surface area (Å²) in [4.78, 5) is 0. The molecular formula is C16H33NS. The van der Waals surface area contributed by atoms with E-state index in [4.69, 9.17) is 0 Å². The monoisotopic (exact) mass is 271 g/mol. The second-order valence-electron chi connectivity index (χ2n) is 5.70. The lowest BCUT2D eigenvalue weighted by atomic mass is 9.93. The summed E-state index contributed by atoms with van der Waals surface area (Å²) in [5.74, 6) is 3.74. The topological polar surface area (TPSA) is 12.0 Å². The van der Waals surface area contributed by atoms with Gasteiger partial charge in [-0.2, -0.15) is 11.8 Å². The Morgan fingerprint density at radius 2 is 1.78 bits per heavy atom. The van der Waals surface area contributed by atoms with Crippen molar-refractivity contribution in [1.82, 2.24) is 5.32 Å². The Hall–Kier alpha value is 0.310. The maximum atomic E-state index is 3.72. The van der Waals surface area contributed by atoms with Gasteiger partial charge in [-0.15, -0.1) is 0 Å². The number of nitrogens with one attached hydrogen (secondary N) is 1. The van der Waals surface area contributed by atoms with Gasteiger partial charge in [0.2, 0.25) is 0 Å². The Morgan fingerprint density at radius 1 is 1.06 bits per heavy atom. The predicted molar refractivity (Wildman–Crippen MR) is 85.5 cm³/mol. The smallest absolute Gasteiger partial charge is 0.0103 e. The first kappa shape index (κ1) is 16.4. The first-order chi connectivity index (χ1) is 8.88. The van der Waals surface area contributed by atoms with Gasteiger partial charge in [0.25, 0.3) is 0 Å². The molecule has 0 aromatic rings. The van der Waals surface area contributed by atoms with Crippen LogP contribution < -0.4 is 5.32 Å². The molecule has 108 valence electrons. The van der Waals surface area contributed by atoms with Crippen LogP contribution in [0.15, 0.2) is 0 Å². The molecular weight excluding hydrogens is 238 g/mol. The van der Waals surface area contributed by atoms with Crippen LogP contribution in [0, 0.1) is 5.92 Å². The van der Waals surface area contributed by atoms with E-state index in [1.54, 1.807) is 0 Å². The fraction of sp³-hybridized carbons (Fsp3) is 1.00. The van der Waals surface area contributed by atoms with Crippen molar-refractivity contribution in [3.05, 3.63) is 0 Å². The van der Waals surface area contributed by atoms with Crippen LogP contribution in [0.3, 0.4) is 0 Å². The highest BCUT2D eigenvalue weighted by Crippen LogP contribution is 2.28. The van der Waals surface area contributed by atoms with Crippen LogP contribution in [0.5, 0.6) is 0 Å². The highest BCUT2D eigenvalue weighted by Gasteiger charge is 2.23. The molecule has 1 aliphatic heterocycles. The normalized spacial score (nSPS) is 21.3. The minimum Gasteiger partial charge on any atom is -0.314 e. The molecule has 2 heteroatoms. The molecule has 1 rings (SSSR count). The van der Waals surface area contributed by atoms with Gasteiger partial charge in [0.1, 0.15) is 0 Å². The molecule has 0 spiro atoms. The number of hydrogen-bond donors (Lipinski definition) is 1. The van der Waals surface area contributed by atoms with Crippen LogP contribution in [0.2, 0.25) is 0 Å². The van der Waals surface area contributed by atoms with E-state index in [0.29, 0.717) is 0 Å². The molecule has 1 heterocycles. The van der Waals surface area contributed by atoms with Crippen molar-refractivity contribution in [3.8, 4) is 0 Å².